The van der Waals surface area contributed by atoms with Gasteiger partial charge in [-0.1, -0.05) is 23.7 Å². The van der Waals surface area contributed by atoms with Gasteiger partial charge in [0.1, 0.15) is 10.7 Å². The van der Waals surface area contributed by atoms with Crippen LogP contribution in [-0.4, -0.2) is 65.6 Å². The van der Waals surface area contributed by atoms with Crippen molar-refractivity contribution in [1.82, 2.24) is 14.8 Å². The van der Waals surface area contributed by atoms with Crippen molar-refractivity contribution < 1.29 is 9.53 Å². The second kappa shape index (κ2) is 7.64. The molecule has 2 fully saturated rings. The largest absolute Gasteiger partial charge is 0.379 e. The first-order valence-corrected chi connectivity index (χ1v) is 10.2. The number of hydrogen-bond donors (Lipinski definition) is 0. The number of carbonyl (C=O) groups is 1. The number of aromatic nitrogens is 1. The number of likely N-dealkylation sites (tertiary alicyclic amines) is 1. The van der Waals surface area contributed by atoms with Gasteiger partial charge in [-0.2, -0.15) is 0 Å². The lowest BCUT2D eigenvalue weighted by Gasteiger charge is -2.35. The number of halogens is 1. The maximum Gasteiger partial charge on any atom is 0.273 e. The minimum atomic E-state index is 0.0257. The lowest BCUT2D eigenvalue weighted by atomic mass is 10.1. The Morgan fingerprint density at radius 3 is 2.88 bits per heavy atom. The average molecular weight is 392 g/mol. The number of amides is 1. The molecule has 7 heteroatoms. The lowest BCUT2D eigenvalue weighted by molar-refractivity contribution is 0.0104. The van der Waals surface area contributed by atoms with Crippen molar-refractivity contribution >= 4 is 28.8 Å². The van der Waals surface area contributed by atoms with Gasteiger partial charge >= 0.3 is 0 Å². The third-order valence-corrected chi connectivity index (χ3v) is 6.41. The molecule has 138 valence electrons. The smallest absolute Gasteiger partial charge is 0.273 e. The summed E-state index contributed by atoms with van der Waals surface area (Å²) in [6.45, 7) is 6.40. The number of benzene rings is 1. The highest BCUT2D eigenvalue weighted by Gasteiger charge is 2.38. The minimum Gasteiger partial charge on any atom is -0.379 e. The highest BCUT2D eigenvalue weighted by molar-refractivity contribution is 7.13. The molecule has 0 radical (unpaired) electrons. The van der Waals surface area contributed by atoms with Gasteiger partial charge in [0, 0.05) is 47.7 Å². The van der Waals surface area contributed by atoms with Crippen molar-refractivity contribution in [1.29, 1.82) is 0 Å². The molecule has 4 rings (SSSR count). The lowest BCUT2D eigenvalue weighted by Crippen LogP contribution is -2.49. The van der Waals surface area contributed by atoms with E-state index in [0.29, 0.717) is 16.8 Å². The standard InChI is InChI=1S/C19H22ClN3O2S/c1-13-17(22-7-9-25-10-8-22)5-6-23(13)19(24)16-12-26-18(21-16)14-3-2-4-15(20)11-14/h2-4,11-13,17H,5-10H2,1H3/t13-,17-/m1/s1. The molecule has 0 saturated carbocycles. The Balaban J connectivity index is 1.48. The first-order valence-electron chi connectivity index (χ1n) is 8.98. The van der Waals surface area contributed by atoms with Gasteiger partial charge in [-0.3, -0.25) is 9.69 Å². The summed E-state index contributed by atoms with van der Waals surface area (Å²) < 4.78 is 5.45. The van der Waals surface area contributed by atoms with Gasteiger partial charge in [-0.25, -0.2) is 4.98 Å². The quantitative estimate of drug-likeness (QED) is 0.804. The van der Waals surface area contributed by atoms with Crippen LogP contribution in [0.1, 0.15) is 23.8 Å². The van der Waals surface area contributed by atoms with E-state index in [4.69, 9.17) is 16.3 Å². The van der Waals surface area contributed by atoms with E-state index in [2.05, 4.69) is 16.8 Å². The molecule has 1 amide bonds. The molecule has 2 atom stereocenters. The van der Waals surface area contributed by atoms with E-state index in [1.165, 1.54) is 11.3 Å². The third kappa shape index (κ3) is 3.51. The Hall–Kier alpha value is -1.47. The molecular formula is C19H22ClN3O2S. The Labute approximate surface area is 162 Å². The molecule has 2 aliphatic rings. The SMILES string of the molecule is C[C@@H]1[C@H](N2CCOCC2)CCN1C(=O)c1csc(-c2cccc(Cl)c2)n1. The molecule has 0 bridgehead atoms. The van der Waals surface area contributed by atoms with Gasteiger partial charge in [0.25, 0.3) is 5.91 Å². The summed E-state index contributed by atoms with van der Waals surface area (Å²) in [6.07, 6.45) is 1.01. The molecule has 2 saturated heterocycles. The second-order valence-corrected chi connectivity index (χ2v) is 8.09. The van der Waals surface area contributed by atoms with Crippen LogP contribution in [0.5, 0.6) is 0 Å². The normalized spacial score (nSPS) is 24.2. The van der Waals surface area contributed by atoms with E-state index in [0.717, 1.165) is 49.8 Å². The number of hydrogen-bond acceptors (Lipinski definition) is 5. The molecule has 2 aliphatic heterocycles. The van der Waals surface area contributed by atoms with Crippen LogP contribution in [0, 0.1) is 0 Å². The van der Waals surface area contributed by atoms with E-state index in [1.807, 2.05) is 34.5 Å². The summed E-state index contributed by atoms with van der Waals surface area (Å²) in [5, 5.41) is 3.35. The van der Waals surface area contributed by atoms with Gasteiger partial charge < -0.3 is 9.64 Å². The predicted molar refractivity (Wildman–Crippen MR) is 104 cm³/mol. The fraction of sp³-hybridized carbons (Fsp3) is 0.474. The van der Waals surface area contributed by atoms with Crippen molar-refractivity contribution in [3.05, 3.63) is 40.4 Å². The molecule has 5 nitrogen and oxygen atoms in total. The molecule has 0 aliphatic carbocycles. The summed E-state index contributed by atoms with van der Waals surface area (Å²) in [4.78, 5) is 22.0. The summed E-state index contributed by atoms with van der Waals surface area (Å²) >= 11 is 7.55. The Bertz CT molecular complexity index is 791. The topological polar surface area (TPSA) is 45.7 Å². The number of nitrogens with zero attached hydrogens (tertiary/aromatic N) is 3. The number of morpholine rings is 1. The molecule has 26 heavy (non-hydrogen) atoms. The van der Waals surface area contributed by atoms with Crippen molar-refractivity contribution in [3.63, 3.8) is 0 Å². The molecule has 1 aromatic heterocycles. The summed E-state index contributed by atoms with van der Waals surface area (Å²) in [6, 6.07) is 8.18. The Morgan fingerprint density at radius 1 is 1.31 bits per heavy atom. The molecule has 0 unspecified atom stereocenters. The van der Waals surface area contributed by atoms with Crippen molar-refractivity contribution in [2.75, 3.05) is 32.8 Å². The average Bonchev–Trinajstić information content (AvgIpc) is 3.29. The van der Waals surface area contributed by atoms with Crippen LogP contribution < -0.4 is 0 Å². The van der Waals surface area contributed by atoms with Gasteiger partial charge in [0.05, 0.1) is 13.2 Å². The highest BCUT2D eigenvalue weighted by atomic mass is 35.5. The van der Waals surface area contributed by atoms with E-state index in [-0.39, 0.29) is 11.9 Å². The van der Waals surface area contributed by atoms with Gasteiger partial charge in [-0.05, 0) is 25.5 Å². The summed E-state index contributed by atoms with van der Waals surface area (Å²) in [5.74, 6) is 0.0257. The number of rotatable bonds is 3. The van der Waals surface area contributed by atoms with Crippen molar-refractivity contribution in [3.8, 4) is 10.6 Å². The van der Waals surface area contributed by atoms with E-state index < -0.39 is 0 Å². The van der Waals surface area contributed by atoms with Crippen LogP contribution in [0.3, 0.4) is 0 Å². The first kappa shape index (κ1) is 17.9. The third-order valence-electron chi connectivity index (χ3n) is 5.28. The van der Waals surface area contributed by atoms with E-state index in [1.54, 1.807) is 0 Å². The second-order valence-electron chi connectivity index (χ2n) is 6.79. The Morgan fingerprint density at radius 2 is 2.12 bits per heavy atom. The van der Waals surface area contributed by atoms with Gasteiger partial charge in [-0.15, -0.1) is 11.3 Å². The fourth-order valence-electron chi connectivity index (χ4n) is 3.88. The summed E-state index contributed by atoms with van der Waals surface area (Å²) in [7, 11) is 0. The molecule has 0 N–H and O–H groups in total. The van der Waals surface area contributed by atoms with Crippen LogP contribution in [0.25, 0.3) is 10.6 Å². The van der Waals surface area contributed by atoms with Crippen molar-refractivity contribution in [2.45, 2.75) is 25.4 Å². The molecule has 3 heterocycles. The van der Waals surface area contributed by atoms with Gasteiger partial charge in [0.2, 0.25) is 0 Å². The molecule has 2 aromatic rings. The zero-order valence-corrected chi connectivity index (χ0v) is 16.3. The minimum absolute atomic E-state index is 0.0257. The molecule has 0 spiro atoms. The van der Waals surface area contributed by atoms with Crippen LogP contribution in [0.15, 0.2) is 29.6 Å². The molecule has 1 aromatic carbocycles. The zero-order chi connectivity index (χ0) is 18.1. The van der Waals surface area contributed by atoms with E-state index >= 15 is 0 Å². The monoisotopic (exact) mass is 391 g/mol. The fourth-order valence-corrected chi connectivity index (χ4v) is 4.86. The number of carbonyl (C=O) groups excluding carboxylic acids is 1. The molecular weight excluding hydrogens is 370 g/mol. The summed E-state index contributed by atoms with van der Waals surface area (Å²) in [5.41, 5.74) is 1.47. The van der Waals surface area contributed by atoms with E-state index in [9.17, 15) is 4.79 Å². The Kier molecular flexibility index (Phi) is 5.27. The van der Waals surface area contributed by atoms with Crippen LogP contribution in [-0.2, 0) is 4.74 Å². The van der Waals surface area contributed by atoms with Gasteiger partial charge in [0.15, 0.2) is 0 Å². The van der Waals surface area contributed by atoms with Crippen molar-refractivity contribution in [2.24, 2.45) is 0 Å². The predicted octanol–water partition coefficient (Wildman–Crippen LogP) is 3.40. The maximum absolute atomic E-state index is 13.0. The maximum atomic E-state index is 13.0. The van der Waals surface area contributed by atoms with Crippen LogP contribution >= 0.6 is 22.9 Å². The number of thiazole rings is 1. The first-order chi connectivity index (χ1) is 12.6. The number of ether oxygens (including phenoxy) is 1. The zero-order valence-electron chi connectivity index (χ0n) is 14.7. The van der Waals surface area contributed by atoms with Crippen LogP contribution in [0.4, 0.5) is 0 Å². The highest BCUT2D eigenvalue weighted by Crippen LogP contribution is 2.29. The van der Waals surface area contributed by atoms with Crippen LogP contribution in [0.2, 0.25) is 5.02 Å².